The van der Waals surface area contributed by atoms with Gasteiger partial charge in [0.25, 0.3) is 0 Å². The van der Waals surface area contributed by atoms with Crippen LogP contribution in [0.1, 0.15) is 57.2 Å². The normalized spacial score (nSPS) is 27.0. The molecule has 0 aromatic heterocycles. The topological polar surface area (TPSA) is 61.9 Å². The highest BCUT2D eigenvalue weighted by molar-refractivity contribution is 5.90. The zero-order chi connectivity index (χ0) is 19.3. The highest BCUT2D eigenvalue weighted by atomic mass is 16.5. The van der Waals surface area contributed by atoms with Gasteiger partial charge in [0.2, 0.25) is 5.91 Å². The molecule has 2 fully saturated rings. The third-order valence-electron chi connectivity index (χ3n) is 5.95. The molecule has 6 heteroatoms. The summed E-state index contributed by atoms with van der Waals surface area (Å²) >= 11 is 0. The number of hydrogen-bond acceptors (Lipinski definition) is 3. The second-order valence-corrected chi connectivity index (χ2v) is 8.89. The van der Waals surface area contributed by atoms with Crippen molar-refractivity contribution in [2.24, 2.45) is 0 Å². The summed E-state index contributed by atoms with van der Waals surface area (Å²) in [5, 5.41) is 3.07. The van der Waals surface area contributed by atoms with Gasteiger partial charge in [0.1, 0.15) is 11.8 Å². The Morgan fingerprint density at radius 3 is 2.74 bits per heavy atom. The number of amides is 3. The van der Waals surface area contributed by atoms with E-state index >= 15 is 0 Å². The monoisotopic (exact) mass is 371 g/mol. The van der Waals surface area contributed by atoms with Crippen molar-refractivity contribution in [3.8, 4) is 5.75 Å². The first-order valence-corrected chi connectivity index (χ1v) is 9.88. The Morgan fingerprint density at radius 1 is 1.26 bits per heavy atom. The molecule has 2 saturated heterocycles. The van der Waals surface area contributed by atoms with Crippen molar-refractivity contribution in [2.45, 2.75) is 70.1 Å². The van der Waals surface area contributed by atoms with E-state index in [-0.39, 0.29) is 35.6 Å². The molecule has 1 aromatic carbocycles. The maximum Gasteiger partial charge on any atom is 0.318 e. The number of piperidine rings is 1. The number of benzene rings is 1. The van der Waals surface area contributed by atoms with Gasteiger partial charge in [-0.1, -0.05) is 6.07 Å². The molecule has 1 aromatic rings. The van der Waals surface area contributed by atoms with Gasteiger partial charge in [-0.3, -0.25) is 4.79 Å². The number of ether oxygens (including phenoxy) is 1. The second kappa shape index (κ2) is 6.43. The van der Waals surface area contributed by atoms with Gasteiger partial charge in [-0.25, -0.2) is 4.79 Å². The van der Waals surface area contributed by atoms with Crippen molar-refractivity contribution in [2.75, 3.05) is 13.7 Å². The highest BCUT2D eigenvalue weighted by Gasteiger charge is 2.52. The van der Waals surface area contributed by atoms with Crippen molar-refractivity contribution >= 4 is 11.9 Å². The SMILES string of the molecule is COc1ccc2c(c1)CCN1C(=O)C3CCCC(C21)N3C(=O)NC(C)(C)C. The summed E-state index contributed by atoms with van der Waals surface area (Å²) in [4.78, 5) is 30.2. The van der Waals surface area contributed by atoms with E-state index in [2.05, 4.69) is 17.4 Å². The molecule has 0 aliphatic carbocycles. The first-order valence-electron chi connectivity index (χ1n) is 9.88. The van der Waals surface area contributed by atoms with Crippen molar-refractivity contribution in [1.82, 2.24) is 15.1 Å². The minimum Gasteiger partial charge on any atom is -0.497 e. The standard InChI is InChI=1S/C21H29N3O3/c1-21(2,3)22-20(26)24-16-6-5-7-17(24)19(25)23-11-10-13-12-14(27-4)8-9-15(13)18(16)23/h8-9,12,16-18H,5-7,10-11H2,1-4H3,(H,22,26). The minimum atomic E-state index is -0.331. The molecule has 3 heterocycles. The lowest BCUT2D eigenvalue weighted by Gasteiger charge is -2.55. The lowest BCUT2D eigenvalue weighted by molar-refractivity contribution is -0.152. The number of carbonyl (C=O) groups is 2. The van der Waals surface area contributed by atoms with E-state index in [4.69, 9.17) is 4.74 Å². The van der Waals surface area contributed by atoms with Gasteiger partial charge in [0.15, 0.2) is 0 Å². The van der Waals surface area contributed by atoms with Crippen LogP contribution < -0.4 is 10.1 Å². The van der Waals surface area contributed by atoms with Crippen LogP contribution in [0.25, 0.3) is 0 Å². The average molecular weight is 371 g/mol. The second-order valence-electron chi connectivity index (χ2n) is 8.89. The zero-order valence-corrected chi connectivity index (χ0v) is 16.6. The van der Waals surface area contributed by atoms with Crippen LogP contribution in [0, 0.1) is 0 Å². The molecule has 3 aliphatic heterocycles. The number of carbonyl (C=O) groups excluding carboxylic acids is 2. The molecule has 0 spiro atoms. The number of nitrogens with zero attached hydrogens (tertiary/aromatic N) is 2. The molecule has 4 rings (SSSR count). The molecule has 3 aliphatic rings. The highest BCUT2D eigenvalue weighted by Crippen LogP contribution is 2.44. The molecule has 3 amide bonds. The quantitative estimate of drug-likeness (QED) is 0.826. The molecular weight excluding hydrogens is 342 g/mol. The van der Waals surface area contributed by atoms with Crippen LogP contribution in [-0.4, -0.2) is 53.0 Å². The molecular formula is C21H29N3O3. The predicted octanol–water partition coefficient (Wildman–Crippen LogP) is 2.87. The molecule has 27 heavy (non-hydrogen) atoms. The van der Waals surface area contributed by atoms with Crippen LogP contribution in [0.4, 0.5) is 4.79 Å². The summed E-state index contributed by atoms with van der Waals surface area (Å²) in [5.41, 5.74) is 2.06. The first-order chi connectivity index (χ1) is 12.8. The Balaban J connectivity index is 1.74. The third-order valence-corrected chi connectivity index (χ3v) is 5.95. The number of fused-ring (bicyclic) bond motifs is 6. The van der Waals surface area contributed by atoms with Gasteiger partial charge in [-0.05, 0) is 69.7 Å². The molecule has 3 atom stereocenters. The number of urea groups is 1. The van der Waals surface area contributed by atoms with E-state index < -0.39 is 0 Å². The van der Waals surface area contributed by atoms with Gasteiger partial charge in [0.05, 0.1) is 19.2 Å². The van der Waals surface area contributed by atoms with Crippen LogP contribution in [0.3, 0.4) is 0 Å². The Hall–Kier alpha value is -2.24. The first kappa shape index (κ1) is 18.1. The molecule has 0 radical (unpaired) electrons. The van der Waals surface area contributed by atoms with E-state index in [0.29, 0.717) is 6.54 Å². The average Bonchev–Trinajstić information content (AvgIpc) is 2.63. The Kier molecular flexibility index (Phi) is 4.32. The fourth-order valence-corrected chi connectivity index (χ4v) is 4.88. The number of rotatable bonds is 1. The van der Waals surface area contributed by atoms with Crippen molar-refractivity contribution in [3.63, 3.8) is 0 Å². The summed E-state index contributed by atoms with van der Waals surface area (Å²) in [6.07, 6.45) is 3.50. The number of nitrogens with one attached hydrogen (secondary N) is 1. The van der Waals surface area contributed by atoms with Crippen LogP contribution in [0.15, 0.2) is 18.2 Å². The van der Waals surface area contributed by atoms with Crippen molar-refractivity contribution in [1.29, 1.82) is 0 Å². The van der Waals surface area contributed by atoms with Gasteiger partial charge in [0, 0.05) is 12.1 Å². The van der Waals surface area contributed by atoms with Gasteiger partial charge < -0.3 is 19.9 Å². The number of piperazine rings is 1. The van der Waals surface area contributed by atoms with E-state index in [0.717, 1.165) is 37.0 Å². The van der Waals surface area contributed by atoms with Crippen molar-refractivity contribution in [3.05, 3.63) is 29.3 Å². The summed E-state index contributed by atoms with van der Waals surface area (Å²) in [7, 11) is 1.67. The van der Waals surface area contributed by atoms with Gasteiger partial charge in [-0.15, -0.1) is 0 Å². The summed E-state index contributed by atoms with van der Waals surface area (Å²) in [6.45, 7) is 6.63. The van der Waals surface area contributed by atoms with E-state index in [9.17, 15) is 9.59 Å². The van der Waals surface area contributed by atoms with Crippen LogP contribution in [0.5, 0.6) is 5.75 Å². The molecule has 0 saturated carbocycles. The fraction of sp³-hybridized carbons (Fsp3) is 0.619. The van der Waals surface area contributed by atoms with Gasteiger partial charge in [-0.2, -0.15) is 0 Å². The molecule has 6 nitrogen and oxygen atoms in total. The summed E-state index contributed by atoms with van der Waals surface area (Å²) in [6, 6.07) is 5.62. The lowest BCUT2D eigenvalue weighted by atomic mass is 9.78. The van der Waals surface area contributed by atoms with E-state index in [1.807, 2.05) is 36.6 Å². The van der Waals surface area contributed by atoms with Crippen LogP contribution >= 0.6 is 0 Å². The molecule has 2 bridgehead atoms. The Bertz CT molecular complexity index is 770. The Morgan fingerprint density at radius 2 is 2.04 bits per heavy atom. The number of hydrogen-bond donors (Lipinski definition) is 1. The van der Waals surface area contributed by atoms with E-state index in [1.54, 1.807) is 7.11 Å². The molecule has 3 unspecified atom stereocenters. The van der Waals surface area contributed by atoms with Crippen molar-refractivity contribution < 1.29 is 14.3 Å². The summed E-state index contributed by atoms with van der Waals surface area (Å²) in [5.74, 6) is 0.940. The predicted molar refractivity (Wildman–Crippen MR) is 103 cm³/mol. The molecule has 146 valence electrons. The lowest BCUT2D eigenvalue weighted by Crippen LogP contribution is -2.69. The molecule has 1 N–H and O–H groups in total. The zero-order valence-electron chi connectivity index (χ0n) is 16.6. The maximum atomic E-state index is 13.3. The maximum absolute atomic E-state index is 13.3. The number of methoxy groups -OCH3 is 1. The smallest absolute Gasteiger partial charge is 0.318 e. The fourth-order valence-electron chi connectivity index (χ4n) is 4.88. The minimum absolute atomic E-state index is 0.0243. The van der Waals surface area contributed by atoms with Crippen LogP contribution in [-0.2, 0) is 11.2 Å². The summed E-state index contributed by atoms with van der Waals surface area (Å²) < 4.78 is 5.38. The van der Waals surface area contributed by atoms with Gasteiger partial charge >= 0.3 is 6.03 Å². The van der Waals surface area contributed by atoms with Crippen LogP contribution in [0.2, 0.25) is 0 Å². The Labute approximate surface area is 160 Å². The third kappa shape index (κ3) is 3.05. The largest absolute Gasteiger partial charge is 0.497 e. The van der Waals surface area contributed by atoms with E-state index in [1.165, 1.54) is 5.56 Å².